The van der Waals surface area contributed by atoms with Gasteiger partial charge in [-0.25, -0.2) is 15.0 Å². The van der Waals surface area contributed by atoms with Gasteiger partial charge in [-0.05, 0) is 31.5 Å². The van der Waals surface area contributed by atoms with Crippen LogP contribution in [-0.2, 0) is 11.3 Å². The Bertz CT molecular complexity index is 1010. The minimum atomic E-state index is -0.0284. The molecule has 1 aromatic carbocycles. The molecule has 3 heterocycles. The SMILES string of the molecule is CC(=O)N(c1nc(CN2CCN(c3ncccn3)CC2)cs1)c1ccc(C)cc1C. The van der Waals surface area contributed by atoms with Crippen LogP contribution in [0, 0.1) is 13.8 Å². The number of aromatic nitrogens is 3. The topological polar surface area (TPSA) is 65.5 Å². The third-order valence-electron chi connectivity index (χ3n) is 5.23. The molecule has 0 saturated carbocycles. The fourth-order valence-electron chi connectivity index (χ4n) is 3.72. The summed E-state index contributed by atoms with van der Waals surface area (Å²) in [6, 6.07) is 7.96. The Kier molecular flexibility index (Phi) is 6.06. The standard InChI is InChI=1S/C22H26N6OS/c1-16-5-6-20(17(2)13-16)28(18(3)29)22-25-19(15-30-22)14-26-9-11-27(12-10-26)21-23-7-4-8-24-21/h4-8,13,15H,9-12,14H2,1-3H3. The number of thiazole rings is 1. The predicted molar refractivity (Wildman–Crippen MR) is 120 cm³/mol. The molecule has 0 bridgehead atoms. The molecule has 2 aromatic heterocycles. The van der Waals surface area contributed by atoms with Crippen LogP contribution in [0.25, 0.3) is 0 Å². The van der Waals surface area contributed by atoms with Crippen LogP contribution >= 0.6 is 11.3 Å². The maximum atomic E-state index is 12.4. The van der Waals surface area contributed by atoms with Gasteiger partial charge < -0.3 is 4.90 Å². The fraction of sp³-hybridized carbons (Fsp3) is 0.364. The Morgan fingerprint density at radius 2 is 1.87 bits per heavy atom. The summed E-state index contributed by atoms with van der Waals surface area (Å²) in [5.74, 6) is 0.762. The molecule has 0 unspecified atom stereocenters. The van der Waals surface area contributed by atoms with E-state index in [-0.39, 0.29) is 5.91 Å². The van der Waals surface area contributed by atoms with Crippen molar-refractivity contribution in [2.45, 2.75) is 27.3 Å². The number of hydrogen-bond donors (Lipinski definition) is 0. The van der Waals surface area contributed by atoms with Crippen molar-refractivity contribution < 1.29 is 4.79 Å². The number of rotatable bonds is 5. The van der Waals surface area contributed by atoms with E-state index in [2.05, 4.69) is 38.1 Å². The van der Waals surface area contributed by atoms with Gasteiger partial charge in [-0.15, -0.1) is 11.3 Å². The normalized spacial score (nSPS) is 14.7. The van der Waals surface area contributed by atoms with Crippen LogP contribution in [0.4, 0.5) is 16.8 Å². The highest BCUT2D eigenvalue weighted by Gasteiger charge is 2.22. The molecule has 7 nitrogen and oxygen atoms in total. The molecule has 0 radical (unpaired) electrons. The maximum absolute atomic E-state index is 12.4. The van der Waals surface area contributed by atoms with Crippen LogP contribution in [0.3, 0.4) is 0 Å². The largest absolute Gasteiger partial charge is 0.338 e. The van der Waals surface area contributed by atoms with Crippen LogP contribution in [-0.4, -0.2) is 51.9 Å². The van der Waals surface area contributed by atoms with Crippen LogP contribution in [0.15, 0.2) is 42.0 Å². The molecule has 0 atom stereocenters. The second-order valence-corrected chi connectivity index (χ2v) is 8.41. The number of carbonyl (C=O) groups excluding carboxylic acids is 1. The summed E-state index contributed by atoms with van der Waals surface area (Å²) < 4.78 is 0. The average Bonchev–Trinajstić information content (AvgIpc) is 3.19. The fourth-order valence-corrected chi connectivity index (χ4v) is 4.60. The number of nitrogens with zero attached hydrogens (tertiary/aromatic N) is 6. The Labute approximate surface area is 181 Å². The van der Waals surface area contributed by atoms with E-state index >= 15 is 0 Å². The zero-order valence-electron chi connectivity index (χ0n) is 17.6. The molecular weight excluding hydrogens is 396 g/mol. The third-order valence-corrected chi connectivity index (χ3v) is 6.11. The lowest BCUT2D eigenvalue weighted by Crippen LogP contribution is -2.46. The first kappa shape index (κ1) is 20.4. The second-order valence-electron chi connectivity index (χ2n) is 7.58. The van der Waals surface area contributed by atoms with Gasteiger partial charge in [0.2, 0.25) is 11.9 Å². The first-order valence-electron chi connectivity index (χ1n) is 10.1. The Balaban J connectivity index is 1.43. The first-order valence-corrected chi connectivity index (χ1v) is 11.0. The highest BCUT2D eigenvalue weighted by atomic mass is 32.1. The van der Waals surface area contributed by atoms with E-state index in [9.17, 15) is 4.79 Å². The summed E-state index contributed by atoms with van der Waals surface area (Å²) >= 11 is 1.52. The van der Waals surface area contributed by atoms with Crippen LogP contribution in [0.2, 0.25) is 0 Å². The first-order chi connectivity index (χ1) is 14.5. The maximum Gasteiger partial charge on any atom is 0.230 e. The highest BCUT2D eigenvalue weighted by Crippen LogP contribution is 2.32. The second kappa shape index (κ2) is 8.89. The third kappa shape index (κ3) is 4.49. The Morgan fingerprint density at radius 1 is 1.13 bits per heavy atom. The number of piperazine rings is 1. The summed E-state index contributed by atoms with van der Waals surface area (Å²) in [5.41, 5.74) is 4.14. The van der Waals surface area contributed by atoms with E-state index in [1.807, 2.05) is 25.1 Å². The van der Waals surface area contributed by atoms with Gasteiger partial charge in [-0.1, -0.05) is 17.7 Å². The molecule has 1 aliphatic heterocycles. The summed E-state index contributed by atoms with van der Waals surface area (Å²) in [6.45, 7) is 10.1. The lowest BCUT2D eigenvalue weighted by atomic mass is 10.1. The zero-order chi connectivity index (χ0) is 21.1. The zero-order valence-corrected chi connectivity index (χ0v) is 18.4. The predicted octanol–water partition coefficient (Wildman–Crippen LogP) is 3.56. The minimum Gasteiger partial charge on any atom is -0.338 e. The van der Waals surface area contributed by atoms with Gasteiger partial charge in [0.15, 0.2) is 5.13 Å². The van der Waals surface area contributed by atoms with E-state index in [0.717, 1.165) is 60.7 Å². The summed E-state index contributed by atoms with van der Waals surface area (Å²) in [7, 11) is 0. The van der Waals surface area contributed by atoms with E-state index in [4.69, 9.17) is 4.98 Å². The minimum absolute atomic E-state index is 0.0284. The summed E-state index contributed by atoms with van der Waals surface area (Å²) in [5, 5.41) is 2.78. The molecule has 0 aliphatic carbocycles. The number of hydrogen-bond acceptors (Lipinski definition) is 7. The number of amides is 1. The molecule has 156 valence electrons. The smallest absolute Gasteiger partial charge is 0.230 e. The monoisotopic (exact) mass is 422 g/mol. The van der Waals surface area contributed by atoms with Crippen LogP contribution < -0.4 is 9.80 Å². The molecule has 0 N–H and O–H groups in total. The van der Waals surface area contributed by atoms with Crippen molar-refractivity contribution in [3.05, 3.63) is 58.9 Å². The van der Waals surface area contributed by atoms with Crippen molar-refractivity contribution in [3.8, 4) is 0 Å². The molecule has 4 rings (SSSR count). The van der Waals surface area contributed by atoms with Gasteiger partial charge >= 0.3 is 0 Å². The van der Waals surface area contributed by atoms with Crippen molar-refractivity contribution in [3.63, 3.8) is 0 Å². The van der Waals surface area contributed by atoms with Crippen molar-refractivity contribution in [2.75, 3.05) is 36.0 Å². The molecular formula is C22H26N6OS. The van der Waals surface area contributed by atoms with Gasteiger partial charge in [0, 0.05) is 57.4 Å². The summed E-state index contributed by atoms with van der Waals surface area (Å²) in [6.07, 6.45) is 3.56. The van der Waals surface area contributed by atoms with Gasteiger partial charge in [0.1, 0.15) is 0 Å². The lowest BCUT2D eigenvalue weighted by Gasteiger charge is -2.34. The lowest BCUT2D eigenvalue weighted by molar-refractivity contribution is -0.115. The summed E-state index contributed by atoms with van der Waals surface area (Å²) in [4.78, 5) is 32.2. The molecule has 30 heavy (non-hydrogen) atoms. The van der Waals surface area contributed by atoms with Gasteiger partial charge in [0.05, 0.1) is 11.4 Å². The van der Waals surface area contributed by atoms with Crippen LogP contribution in [0.5, 0.6) is 0 Å². The van der Waals surface area contributed by atoms with Crippen molar-refractivity contribution in [1.29, 1.82) is 0 Å². The number of aryl methyl sites for hydroxylation is 2. The van der Waals surface area contributed by atoms with E-state index in [1.54, 1.807) is 24.2 Å². The quantitative estimate of drug-likeness (QED) is 0.626. The average molecular weight is 423 g/mol. The number of anilines is 3. The van der Waals surface area contributed by atoms with Crippen molar-refractivity contribution >= 4 is 34.0 Å². The molecule has 1 aliphatic rings. The molecule has 1 saturated heterocycles. The van der Waals surface area contributed by atoms with Crippen LogP contribution in [0.1, 0.15) is 23.7 Å². The Morgan fingerprint density at radius 3 is 2.53 bits per heavy atom. The van der Waals surface area contributed by atoms with E-state index in [0.29, 0.717) is 0 Å². The van der Waals surface area contributed by atoms with E-state index < -0.39 is 0 Å². The molecule has 1 fully saturated rings. The molecule has 1 amide bonds. The van der Waals surface area contributed by atoms with Crippen molar-refractivity contribution in [2.24, 2.45) is 0 Å². The Hall–Kier alpha value is -2.84. The van der Waals surface area contributed by atoms with Gasteiger partial charge in [0.25, 0.3) is 0 Å². The van der Waals surface area contributed by atoms with Gasteiger partial charge in [-0.2, -0.15) is 0 Å². The van der Waals surface area contributed by atoms with E-state index in [1.165, 1.54) is 16.9 Å². The molecule has 8 heteroatoms. The molecule has 3 aromatic rings. The van der Waals surface area contributed by atoms with Gasteiger partial charge in [-0.3, -0.25) is 14.6 Å². The van der Waals surface area contributed by atoms with Crippen molar-refractivity contribution in [1.82, 2.24) is 19.9 Å². The number of carbonyl (C=O) groups is 1. The number of benzene rings is 1. The highest BCUT2D eigenvalue weighted by molar-refractivity contribution is 7.14. The molecule has 0 spiro atoms.